The molecule has 0 atom stereocenters. The van der Waals surface area contributed by atoms with E-state index in [-0.39, 0.29) is 11.3 Å². The Morgan fingerprint density at radius 3 is 2.58 bits per heavy atom. The average Bonchev–Trinajstić information content (AvgIpc) is 3.01. The maximum Gasteiger partial charge on any atom is 0.237 e. The highest BCUT2D eigenvalue weighted by atomic mass is 32.2. The molecule has 3 rings (SSSR count). The van der Waals surface area contributed by atoms with Gasteiger partial charge in [0.1, 0.15) is 0 Å². The Morgan fingerprint density at radius 2 is 1.88 bits per heavy atom. The van der Waals surface area contributed by atoms with Crippen LogP contribution in [0.2, 0.25) is 0 Å². The third kappa shape index (κ3) is 3.97. The summed E-state index contributed by atoms with van der Waals surface area (Å²) in [5.41, 5.74) is 0.715. The molecule has 4 nitrogen and oxygen atoms in total. The first-order valence-corrected chi connectivity index (χ1v) is 8.79. The lowest BCUT2D eigenvalue weighted by molar-refractivity contribution is -0.113. The van der Waals surface area contributed by atoms with Crippen LogP contribution in [0, 0.1) is 0 Å². The van der Waals surface area contributed by atoms with E-state index in [0.717, 1.165) is 10.6 Å². The molecule has 1 aromatic heterocycles. The molecule has 0 spiro atoms. The molecule has 0 aliphatic heterocycles. The normalized spacial score (nSPS) is 11.6. The lowest BCUT2D eigenvalue weighted by Crippen LogP contribution is -2.14. The number of carbonyl (C=O) groups excluding carboxylic acids is 1. The number of hydrogen-bond acceptors (Lipinski definition) is 4. The Bertz CT molecular complexity index is 865. The minimum Gasteiger partial charge on any atom is -0.338 e. The first-order chi connectivity index (χ1) is 11.4. The van der Waals surface area contributed by atoms with Gasteiger partial charge in [0.25, 0.3) is 0 Å². The summed E-state index contributed by atoms with van der Waals surface area (Å²) in [5.74, 6) is 0.609. The molecule has 0 aliphatic rings. The first-order valence-electron chi connectivity index (χ1n) is 7.80. The van der Waals surface area contributed by atoms with Crippen LogP contribution >= 0.6 is 11.8 Å². The van der Waals surface area contributed by atoms with E-state index in [1.807, 2.05) is 39.0 Å². The van der Waals surface area contributed by atoms with E-state index in [1.54, 1.807) is 6.07 Å². The number of amides is 1. The van der Waals surface area contributed by atoms with E-state index < -0.39 is 0 Å². The van der Waals surface area contributed by atoms with Crippen molar-refractivity contribution in [3.05, 3.63) is 54.2 Å². The Labute approximate surface area is 145 Å². The molecular weight excluding hydrogens is 320 g/mol. The molecule has 1 heterocycles. The molecule has 2 aromatic carbocycles. The largest absolute Gasteiger partial charge is 0.338 e. The standard InChI is InChI=1S/C19H20N2O2S/c1-19(2,3)16-11-18(23-21-16)20-17(22)12-24-15-9-8-13-6-4-5-7-14(13)10-15/h4-11H,12H2,1-3H3,(H,20,22). The van der Waals surface area contributed by atoms with Crippen molar-refractivity contribution >= 4 is 34.3 Å². The SMILES string of the molecule is CC(C)(C)c1cc(NC(=O)CSc2ccc3ccccc3c2)on1. The number of benzene rings is 2. The zero-order valence-electron chi connectivity index (χ0n) is 14.0. The Hall–Kier alpha value is -2.27. The average molecular weight is 340 g/mol. The summed E-state index contributed by atoms with van der Waals surface area (Å²) < 4.78 is 5.18. The fraction of sp³-hybridized carbons (Fsp3) is 0.263. The third-order valence-corrected chi connectivity index (χ3v) is 4.63. The molecule has 0 bridgehead atoms. The van der Waals surface area contributed by atoms with Gasteiger partial charge >= 0.3 is 0 Å². The molecule has 1 N–H and O–H groups in total. The number of aromatic nitrogens is 1. The van der Waals surface area contributed by atoms with Gasteiger partial charge in [-0.25, -0.2) is 0 Å². The van der Waals surface area contributed by atoms with E-state index in [9.17, 15) is 4.79 Å². The van der Waals surface area contributed by atoms with Crippen LogP contribution in [-0.4, -0.2) is 16.8 Å². The van der Waals surface area contributed by atoms with Crippen LogP contribution in [0.5, 0.6) is 0 Å². The van der Waals surface area contributed by atoms with Gasteiger partial charge in [0, 0.05) is 16.4 Å². The highest BCUT2D eigenvalue weighted by Crippen LogP contribution is 2.25. The van der Waals surface area contributed by atoms with E-state index in [4.69, 9.17) is 4.52 Å². The Kier molecular flexibility index (Phi) is 4.62. The molecule has 0 unspecified atom stereocenters. The van der Waals surface area contributed by atoms with Crippen LogP contribution in [0.3, 0.4) is 0 Å². The first kappa shape index (κ1) is 16.6. The number of fused-ring (bicyclic) bond motifs is 1. The smallest absolute Gasteiger partial charge is 0.237 e. The van der Waals surface area contributed by atoms with Crippen LogP contribution in [0.25, 0.3) is 10.8 Å². The van der Waals surface area contributed by atoms with Crippen molar-refractivity contribution < 1.29 is 9.32 Å². The minimum absolute atomic E-state index is 0.105. The maximum absolute atomic E-state index is 12.1. The number of rotatable bonds is 4. The van der Waals surface area contributed by atoms with E-state index in [2.05, 4.69) is 34.7 Å². The zero-order chi connectivity index (χ0) is 17.2. The molecule has 0 aliphatic carbocycles. The lowest BCUT2D eigenvalue weighted by atomic mass is 9.92. The third-order valence-electron chi connectivity index (χ3n) is 3.63. The topological polar surface area (TPSA) is 55.1 Å². The molecule has 5 heteroatoms. The predicted octanol–water partition coefficient (Wildman–Crippen LogP) is 4.86. The van der Waals surface area contributed by atoms with Gasteiger partial charge in [0.15, 0.2) is 0 Å². The van der Waals surface area contributed by atoms with Crippen LogP contribution in [0.15, 0.2) is 57.9 Å². The van der Waals surface area contributed by atoms with Crippen molar-refractivity contribution in [3.63, 3.8) is 0 Å². The van der Waals surface area contributed by atoms with Gasteiger partial charge in [-0.05, 0) is 22.9 Å². The summed E-state index contributed by atoms with van der Waals surface area (Å²) in [6.07, 6.45) is 0. The Morgan fingerprint density at radius 1 is 1.12 bits per heavy atom. The highest BCUT2D eigenvalue weighted by molar-refractivity contribution is 8.00. The number of nitrogens with one attached hydrogen (secondary N) is 1. The molecule has 0 saturated carbocycles. The highest BCUT2D eigenvalue weighted by Gasteiger charge is 2.19. The van der Waals surface area contributed by atoms with Crippen molar-refractivity contribution in [2.24, 2.45) is 0 Å². The number of carbonyl (C=O) groups is 1. The lowest BCUT2D eigenvalue weighted by Gasteiger charge is -2.12. The van der Waals surface area contributed by atoms with Crippen molar-refractivity contribution in [2.45, 2.75) is 31.1 Å². The second kappa shape index (κ2) is 6.69. The summed E-state index contributed by atoms with van der Waals surface area (Å²) in [5, 5.41) is 9.12. The number of anilines is 1. The van der Waals surface area contributed by atoms with Crippen molar-refractivity contribution in [3.8, 4) is 0 Å². The van der Waals surface area contributed by atoms with Crippen molar-refractivity contribution in [2.75, 3.05) is 11.1 Å². The van der Waals surface area contributed by atoms with Gasteiger partial charge in [0.05, 0.1) is 11.4 Å². The van der Waals surface area contributed by atoms with Gasteiger partial charge in [-0.1, -0.05) is 56.3 Å². The van der Waals surface area contributed by atoms with Gasteiger partial charge in [0.2, 0.25) is 11.8 Å². The van der Waals surface area contributed by atoms with Gasteiger partial charge in [-0.3, -0.25) is 10.1 Å². The fourth-order valence-electron chi connectivity index (χ4n) is 2.27. The summed E-state index contributed by atoms with van der Waals surface area (Å²) in [6, 6.07) is 16.2. The maximum atomic E-state index is 12.1. The second-order valence-electron chi connectivity index (χ2n) is 6.67. The summed E-state index contributed by atoms with van der Waals surface area (Å²) in [4.78, 5) is 13.2. The molecular formula is C19H20N2O2S. The zero-order valence-corrected chi connectivity index (χ0v) is 14.8. The number of hydrogen-bond donors (Lipinski definition) is 1. The van der Waals surface area contributed by atoms with Gasteiger partial charge < -0.3 is 4.52 Å². The molecule has 0 fully saturated rings. The summed E-state index contributed by atoms with van der Waals surface area (Å²) in [6.45, 7) is 6.14. The van der Waals surface area contributed by atoms with Crippen molar-refractivity contribution in [1.29, 1.82) is 0 Å². The molecule has 0 radical (unpaired) electrons. The van der Waals surface area contributed by atoms with Crippen molar-refractivity contribution in [1.82, 2.24) is 5.16 Å². The number of thioether (sulfide) groups is 1. The molecule has 0 saturated heterocycles. The van der Waals surface area contributed by atoms with E-state index in [1.165, 1.54) is 22.5 Å². The molecule has 3 aromatic rings. The van der Waals surface area contributed by atoms with Gasteiger partial charge in [-0.2, -0.15) is 0 Å². The van der Waals surface area contributed by atoms with Crippen LogP contribution in [-0.2, 0) is 10.2 Å². The summed E-state index contributed by atoms with van der Waals surface area (Å²) in [7, 11) is 0. The van der Waals surface area contributed by atoms with Crippen LogP contribution in [0.4, 0.5) is 5.88 Å². The summed E-state index contributed by atoms with van der Waals surface area (Å²) >= 11 is 1.50. The van der Waals surface area contributed by atoms with E-state index in [0.29, 0.717) is 11.6 Å². The molecule has 1 amide bonds. The second-order valence-corrected chi connectivity index (χ2v) is 7.72. The van der Waals surface area contributed by atoms with Gasteiger partial charge in [-0.15, -0.1) is 11.8 Å². The quantitative estimate of drug-likeness (QED) is 0.689. The fourth-order valence-corrected chi connectivity index (χ4v) is 3.01. The predicted molar refractivity (Wildman–Crippen MR) is 98.5 cm³/mol. The Balaban J connectivity index is 1.59. The minimum atomic E-state index is -0.107. The van der Waals surface area contributed by atoms with Crippen LogP contribution in [0.1, 0.15) is 26.5 Å². The van der Waals surface area contributed by atoms with E-state index >= 15 is 0 Å². The van der Waals surface area contributed by atoms with Crippen LogP contribution < -0.4 is 5.32 Å². The number of nitrogens with zero attached hydrogens (tertiary/aromatic N) is 1. The molecule has 24 heavy (non-hydrogen) atoms. The monoisotopic (exact) mass is 340 g/mol. The molecule has 124 valence electrons.